The molecular formula is C18H17F3N2O3. The van der Waals surface area contributed by atoms with Crippen LogP contribution in [0.4, 0.5) is 18.9 Å². The van der Waals surface area contributed by atoms with E-state index in [4.69, 9.17) is 4.74 Å². The van der Waals surface area contributed by atoms with E-state index < -0.39 is 29.3 Å². The molecule has 2 aromatic carbocycles. The van der Waals surface area contributed by atoms with E-state index in [0.29, 0.717) is 5.56 Å². The van der Waals surface area contributed by atoms with E-state index in [1.165, 1.54) is 25.3 Å². The van der Waals surface area contributed by atoms with Crippen LogP contribution in [0.1, 0.15) is 12.0 Å². The second kappa shape index (κ2) is 8.89. The Hall–Kier alpha value is -3.03. The molecule has 0 saturated carbocycles. The first kappa shape index (κ1) is 19.3. The summed E-state index contributed by atoms with van der Waals surface area (Å²) in [6.45, 7) is -0.325. The third-order valence-corrected chi connectivity index (χ3v) is 3.51. The number of halogens is 3. The number of carbonyl (C=O) groups excluding carboxylic acids is 2. The Morgan fingerprint density at radius 2 is 1.73 bits per heavy atom. The number of hydrogen-bond acceptors (Lipinski definition) is 3. The summed E-state index contributed by atoms with van der Waals surface area (Å²) in [6.07, 6.45) is 0.349. The van der Waals surface area contributed by atoms with Crippen molar-refractivity contribution in [2.24, 2.45) is 0 Å². The summed E-state index contributed by atoms with van der Waals surface area (Å²) in [6, 6.07) is 7.33. The summed E-state index contributed by atoms with van der Waals surface area (Å²) in [5, 5.41) is 4.73. The van der Waals surface area contributed by atoms with E-state index in [2.05, 4.69) is 10.6 Å². The van der Waals surface area contributed by atoms with E-state index in [9.17, 15) is 22.8 Å². The molecule has 2 N–H and O–H groups in total. The molecule has 0 spiro atoms. The lowest BCUT2D eigenvalue weighted by atomic mass is 10.1. The minimum Gasteiger partial charge on any atom is -0.494 e. The first-order chi connectivity index (χ1) is 12.4. The molecule has 0 fully saturated rings. The van der Waals surface area contributed by atoms with Gasteiger partial charge in [0.15, 0.2) is 23.2 Å². The molecule has 0 aliphatic heterocycles. The van der Waals surface area contributed by atoms with Crippen LogP contribution >= 0.6 is 0 Å². The number of carbonyl (C=O) groups is 2. The highest BCUT2D eigenvalue weighted by atomic mass is 19.2. The van der Waals surface area contributed by atoms with Crippen molar-refractivity contribution in [2.45, 2.75) is 12.8 Å². The lowest BCUT2D eigenvalue weighted by Crippen LogP contribution is -2.33. The van der Waals surface area contributed by atoms with Gasteiger partial charge in [0.25, 0.3) is 0 Å². The molecule has 0 saturated heterocycles. The highest BCUT2D eigenvalue weighted by Crippen LogP contribution is 2.18. The zero-order valence-electron chi connectivity index (χ0n) is 13.9. The molecule has 2 aromatic rings. The highest BCUT2D eigenvalue weighted by molar-refractivity contribution is 5.94. The minimum absolute atomic E-state index is 0.0597. The van der Waals surface area contributed by atoms with Crippen molar-refractivity contribution in [3.8, 4) is 5.75 Å². The van der Waals surface area contributed by atoms with Gasteiger partial charge < -0.3 is 15.4 Å². The maximum absolute atomic E-state index is 13.6. The third kappa shape index (κ3) is 5.51. The standard InChI is InChI=1S/C18H17F3N2O3/c1-26-16-6-2-11(8-15(16)21)3-7-17(24)22-10-18(25)23-12-4-5-13(19)14(20)9-12/h2,4-6,8-9H,3,7,10H2,1H3,(H,22,24)(H,23,25). The van der Waals surface area contributed by atoms with Gasteiger partial charge in [-0.3, -0.25) is 9.59 Å². The van der Waals surface area contributed by atoms with Crippen molar-refractivity contribution in [1.82, 2.24) is 5.32 Å². The number of amides is 2. The quantitative estimate of drug-likeness (QED) is 0.792. The van der Waals surface area contributed by atoms with Crippen molar-refractivity contribution in [3.63, 3.8) is 0 Å². The van der Waals surface area contributed by atoms with Gasteiger partial charge in [0.1, 0.15) is 0 Å². The third-order valence-electron chi connectivity index (χ3n) is 3.51. The van der Waals surface area contributed by atoms with Gasteiger partial charge in [0.2, 0.25) is 11.8 Å². The van der Waals surface area contributed by atoms with Gasteiger partial charge in [-0.05, 0) is 36.2 Å². The van der Waals surface area contributed by atoms with Crippen molar-refractivity contribution in [2.75, 3.05) is 19.0 Å². The Bertz CT molecular complexity index is 812. The van der Waals surface area contributed by atoms with Gasteiger partial charge in [0, 0.05) is 18.2 Å². The van der Waals surface area contributed by atoms with Crippen LogP contribution in [-0.2, 0) is 16.0 Å². The predicted octanol–water partition coefficient (Wildman–Crippen LogP) is 2.80. The SMILES string of the molecule is COc1ccc(CCC(=O)NCC(=O)Nc2ccc(F)c(F)c2)cc1F. The van der Waals surface area contributed by atoms with Crippen molar-refractivity contribution < 1.29 is 27.5 Å². The van der Waals surface area contributed by atoms with E-state index in [0.717, 1.165) is 12.1 Å². The Kier molecular flexibility index (Phi) is 6.60. The fourth-order valence-electron chi connectivity index (χ4n) is 2.17. The fourth-order valence-corrected chi connectivity index (χ4v) is 2.17. The van der Waals surface area contributed by atoms with E-state index >= 15 is 0 Å². The molecular weight excluding hydrogens is 349 g/mol. The number of aryl methyl sites for hydroxylation is 1. The molecule has 0 aromatic heterocycles. The lowest BCUT2D eigenvalue weighted by molar-refractivity contribution is -0.124. The number of methoxy groups -OCH3 is 1. The number of anilines is 1. The number of ether oxygens (including phenoxy) is 1. The summed E-state index contributed by atoms with van der Waals surface area (Å²) in [5.74, 6) is -3.49. The lowest BCUT2D eigenvalue weighted by Gasteiger charge is -2.08. The highest BCUT2D eigenvalue weighted by Gasteiger charge is 2.09. The first-order valence-electron chi connectivity index (χ1n) is 7.73. The Morgan fingerprint density at radius 1 is 0.962 bits per heavy atom. The van der Waals surface area contributed by atoms with Crippen molar-refractivity contribution >= 4 is 17.5 Å². The molecule has 138 valence electrons. The molecule has 0 atom stereocenters. The second-order valence-corrected chi connectivity index (χ2v) is 5.42. The van der Waals surface area contributed by atoms with Gasteiger partial charge in [-0.15, -0.1) is 0 Å². The molecule has 0 aliphatic carbocycles. The zero-order valence-corrected chi connectivity index (χ0v) is 13.9. The fraction of sp³-hybridized carbons (Fsp3) is 0.222. The summed E-state index contributed by atoms with van der Waals surface area (Å²) >= 11 is 0. The summed E-state index contributed by atoms with van der Waals surface area (Å²) < 4.78 is 44.2. The number of rotatable bonds is 7. The van der Waals surface area contributed by atoms with Crippen LogP contribution in [0.25, 0.3) is 0 Å². The molecule has 2 amide bonds. The van der Waals surface area contributed by atoms with Crippen LogP contribution in [0.3, 0.4) is 0 Å². The van der Waals surface area contributed by atoms with Crippen molar-refractivity contribution in [1.29, 1.82) is 0 Å². The molecule has 0 unspecified atom stereocenters. The summed E-state index contributed by atoms with van der Waals surface area (Å²) in [7, 11) is 1.36. The summed E-state index contributed by atoms with van der Waals surface area (Å²) in [5.41, 5.74) is 0.696. The average Bonchev–Trinajstić information content (AvgIpc) is 2.61. The number of hydrogen-bond donors (Lipinski definition) is 2. The summed E-state index contributed by atoms with van der Waals surface area (Å²) in [4.78, 5) is 23.5. The van der Waals surface area contributed by atoms with Crippen LogP contribution in [-0.4, -0.2) is 25.5 Å². The Labute approximate surface area is 148 Å². The molecule has 8 heteroatoms. The number of nitrogens with one attached hydrogen (secondary N) is 2. The van der Waals surface area contributed by atoms with Crippen LogP contribution in [0.2, 0.25) is 0 Å². The largest absolute Gasteiger partial charge is 0.494 e. The molecule has 0 heterocycles. The maximum Gasteiger partial charge on any atom is 0.243 e. The Morgan fingerprint density at radius 3 is 2.38 bits per heavy atom. The van der Waals surface area contributed by atoms with Crippen LogP contribution in [0, 0.1) is 17.5 Å². The molecule has 0 aliphatic rings. The molecule has 0 bridgehead atoms. The van der Waals surface area contributed by atoms with Crippen LogP contribution in [0.5, 0.6) is 5.75 Å². The number of benzene rings is 2. The maximum atomic E-state index is 13.6. The normalized spacial score (nSPS) is 10.3. The van der Waals surface area contributed by atoms with Gasteiger partial charge in [-0.1, -0.05) is 6.07 Å². The zero-order chi connectivity index (χ0) is 19.1. The van der Waals surface area contributed by atoms with Crippen LogP contribution < -0.4 is 15.4 Å². The molecule has 2 rings (SSSR count). The van der Waals surface area contributed by atoms with Gasteiger partial charge in [-0.25, -0.2) is 13.2 Å². The average molecular weight is 366 g/mol. The Balaban J connectivity index is 1.76. The minimum atomic E-state index is -1.08. The van der Waals surface area contributed by atoms with Crippen LogP contribution in [0.15, 0.2) is 36.4 Å². The topological polar surface area (TPSA) is 67.4 Å². The molecule has 26 heavy (non-hydrogen) atoms. The predicted molar refractivity (Wildman–Crippen MR) is 89.3 cm³/mol. The molecule has 5 nitrogen and oxygen atoms in total. The smallest absolute Gasteiger partial charge is 0.243 e. The molecule has 0 radical (unpaired) electrons. The first-order valence-corrected chi connectivity index (χ1v) is 7.73. The van der Waals surface area contributed by atoms with Gasteiger partial charge >= 0.3 is 0 Å². The van der Waals surface area contributed by atoms with Gasteiger partial charge in [0.05, 0.1) is 13.7 Å². The monoisotopic (exact) mass is 366 g/mol. The van der Waals surface area contributed by atoms with E-state index in [1.54, 1.807) is 6.07 Å². The van der Waals surface area contributed by atoms with E-state index in [1.807, 2.05) is 0 Å². The van der Waals surface area contributed by atoms with E-state index in [-0.39, 0.29) is 30.8 Å². The van der Waals surface area contributed by atoms with Gasteiger partial charge in [-0.2, -0.15) is 0 Å². The van der Waals surface area contributed by atoms with Crippen molar-refractivity contribution in [3.05, 3.63) is 59.4 Å². The second-order valence-electron chi connectivity index (χ2n) is 5.42.